The number of nitrogens with one attached hydrogen (secondary N) is 2. The van der Waals surface area contributed by atoms with Gasteiger partial charge in [0.1, 0.15) is 6.29 Å². The number of fused-ring (bicyclic) bond motifs is 1. The third-order valence-corrected chi connectivity index (χ3v) is 6.83. The summed E-state index contributed by atoms with van der Waals surface area (Å²) in [5, 5.41) is 10.1. The van der Waals surface area contributed by atoms with Crippen LogP contribution in [-0.2, 0) is 11.3 Å². The molecule has 1 saturated heterocycles. The number of benzene rings is 3. The number of amides is 1. The van der Waals surface area contributed by atoms with Crippen molar-refractivity contribution in [2.75, 3.05) is 26.7 Å². The van der Waals surface area contributed by atoms with Gasteiger partial charge in [0.2, 0.25) is 5.91 Å². The summed E-state index contributed by atoms with van der Waals surface area (Å²) in [5.74, 6) is 0.150. The highest BCUT2D eigenvalue weighted by atomic mass is 35.5. The molecule has 6 N–H and O–H groups in total. The van der Waals surface area contributed by atoms with Gasteiger partial charge in [-0.25, -0.2) is 0 Å². The number of hydrogen-bond acceptors (Lipinski definition) is 5. The van der Waals surface area contributed by atoms with Gasteiger partial charge in [0.15, 0.2) is 5.96 Å². The van der Waals surface area contributed by atoms with Gasteiger partial charge in [0.05, 0.1) is 6.04 Å². The fraction of sp³-hybridized carbons (Fsp3) is 0.345. The average molecular weight is 572 g/mol. The van der Waals surface area contributed by atoms with Crippen LogP contribution in [0.4, 0.5) is 0 Å². The van der Waals surface area contributed by atoms with Crippen LogP contribution in [0.1, 0.15) is 35.2 Å². The predicted molar refractivity (Wildman–Crippen MR) is 160 cm³/mol. The number of aliphatic imine (C=N–C) groups is 1. The van der Waals surface area contributed by atoms with E-state index in [0.717, 1.165) is 42.2 Å². The molecule has 8 nitrogen and oxygen atoms in total. The fourth-order valence-corrected chi connectivity index (χ4v) is 5.13. The highest BCUT2D eigenvalue weighted by Crippen LogP contribution is 2.22. The summed E-state index contributed by atoms with van der Waals surface area (Å²) < 4.78 is 0. The number of carbonyl (C=O) groups is 2. The van der Waals surface area contributed by atoms with Crippen LogP contribution in [0.2, 0.25) is 10.0 Å². The van der Waals surface area contributed by atoms with Crippen molar-refractivity contribution in [3.8, 4) is 0 Å². The van der Waals surface area contributed by atoms with Gasteiger partial charge < -0.3 is 27.0 Å². The predicted octanol–water partition coefficient (Wildman–Crippen LogP) is 3.98. The molecule has 0 radical (unpaired) electrons. The van der Waals surface area contributed by atoms with E-state index >= 15 is 0 Å². The largest absolute Gasteiger partial charge is 0.370 e. The number of aldehydes is 1. The summed E-state index contributed by atoms with van der Waals surface area (Å²) in [5.41, 5.74) is 12.4. The lowest BCUT2D eigenvalue weighted by Gasteiger charge is -2.25. The van der Waals surface area contributed by atoms with Crippen molar-refractivity contribution in [2.24, 2.45) is 16.5 Å². The first-order valence-corrected chi connectivity index (χ1v) is 13.7. The molecule has 4 rings (SSSR count). The summed E-state index contributed by atoms with van der Waals surface area (Å²) in [6, 6.07) is 19.0. The lowest BCUT2D eigenvalue weighted by Crippen LogP contribution is -2.47. The minimum Gasteiger partial charge on any atom is -0.370 e. The van der Waals surface area contributed by atoms with E-state index in [1.165, 1.54) is 5.39 Å². The molecular formula is C29H36Cl2N6O2. The molecule has 1 heterocycles. The lowest BCUT2D eigenvalue weighted by molar-refractivity contribution is -0.133. The fourth-order valence-electron chi connectivity index (χ4n) is 4.56. The highest BCUT2D eigenvalue weighted by Gasteiger charge is 2.30. The van der Waals surface area contributed by atoms with E-state index < -0.39 is 0 Å². The monoisotopic (exact) mass is 570 g/mol. The first kappa shape index (κ1) is 30.4. The quantitative estimate of drug-likeness (QED) is 0.133. The Bertz CT molecular complexity index is 1260. The molecule has 3 aromatic rings. The molecule has 1 aliphatic rings. The van der Waals surface area contributed by atoms with Crippen LogP contribution >= 0.6 is 23.2 Å². The SMILES string of the molecule is CNC[C@@H]1CCN(Cc2cc(Cl)cc(Cl)c2)C(=O)[C@H](CCCN=C(N)N)N1.O=Cc1ccc2ccccc2c1. The molecule has 0 bridgehead atoms. The van der Waals surface area contributed by atoms with Gasteiger partial charge in [0.25, 0.3) is 0 Å². The minimum absolute atomic E-state index is 0.0719. The Balaban J connectivity index is 0.000000289. The smallest absolute Gasteiger partial charge is 0.240 e. The third kappa shape index (κ3) is 9.82. The van der Waals surface area contributed by atoms with Gasteiger partial charge in [-0.2, -0.15) is 0 Å². The second-order valence-electron chi connectivity index (χ2n) is 9.47. The van der Waals surface area contributed by atoms with E-state index in [4.69, 9.17) is 34.7 Å². The average Bonchev–Trinajstić information content (AvgIpc) is 3.05. The highest BCUT2D eigenvalue weighted by molar-refractivity contribution is 6.34. The molecule has 1 fully saturated rings. The van der Waals surface area contributed by atoms with Gasteiger partial charge in [-0.15, -0.1) is 0 Å². The molecule has 208 valence electrons. The van der Waals surface area contributed by atoms with Crippen molar-refractivity contribution < 1.29 is 9.59 Å². The molecule has 2 atom stereocenters. The topological polar surface area (TPSA) is 126 Å². The molecule has 1 amide bonds. The number of hydrogen-bond donors (Lipinski definition) is 4. The van der Waals surface area contributed by atoms with Crippen molar-refractivity contribution in [3.63, 3.8) is 0 Å². The number of nitrogens with zero attached hydrogens (tertiary/aromatic N) is 2. The number of likely N-dealkylation sites (N-methyl/N-ethyl adjacent to an activating group) is 1. The molecular weight excluding hydrogens is 535 g/mol. The van der Waals surface area contributed by atoms with Gasteiger partial charge in [-0.1, -0.05) is 59.6 Å². The maximum Gasteiger partial charge on any atom is 0.240 e. The zero-order chi connectivity index (χ0) is 28.2. The van der Waals surface area contributed by atoms with E-state index in [9.17, 15) is 9.59 Å². The molecule has 1 aliphatic heterocycles. The summed E-state index contributed by atoms with van der Waals surface area (Å²) in [7, 11) is 1.91. The third-order valence-electron chi connectivity index (χ3n) is 6.40. The van der Waals surface area contributed by atoms with Crippen LogP contribution in [0.3, 0.4) is 0 Å². The minimum atomic E-state index is -0.269. The van der Waals surface area contributed by atoms with Gasteiger partial charge in [0, 0.05) is 47.8 Å². The molecule has 0 aromatic heterocycles. The van der Waals surface area contributed by atoms with Crippen molar-refractivity contribution in [3.05, 3.63) is 81.8 Å². The van der Waals surface area contributed by atoms with E-state index in [-0.39, 0.29) is 24.0 Å². The number of nitrogens with two attached hydrogens (primary N) is 2. The number of guanidine groups is 1. The molecule has 39 heavy (non-hydrogen) atoms. The van der Waals surface area contributed by atoms with Crippen LogP contribution in [-0.4, -0.2) is 61.8 Å². The van der Waals surface area contributed by atoms with Gasteiger partial charge >= 0.3 is 0 Å². The Labute approximate surface area is 239 Å². The Hall–Kier alpha value is -3.17. The first-order chi connectivity index (χ1) is 18.8. The molecule has 0 saturated carbocycles. The van der Waals surface area contributed by atoms with Gasteiger partial charge in [-0.3, -0.25) is 14.6 Å². The van der Waals surface area contributed by atoms with E-state index in [2.05, 4.69) is 15.6 Å². The number of rotatable bonds is 9. The van der Waals surface area contributed by atoms with Gasteiger partial charge in [-0.05, 0) is 66.9 Å². The Morgan fingerprint density at radius 3 is 2.49 bits per heavy atom. The first-order valence-electron chi connectivity index (χ1n) is 12.9. The second kappa shape index (κ2) is 15.4. The second-order valence-corrected chi connectivity index (χ2v) is 10.3. The maximum atomic E-state index is 13.1. The maximum absolute atomic E-state index is 13.1. The Morgan fingerprint density at radius 2 is 1.82 bits per heavy atom. The van der Waals surface area contributed by atoms with Crippen LogP contribution in [0.15, 0.2) is 65.7 Å². The van der Waals surface area contributed by atoms with E-state index in [1.807, 2.05) is 66.5 Å². The molecule has 0 unspecified atom stereocenters. The molecule has 0 aliphatic carbocycles. The number of halogens is 2. The van der Waals surface area contributed by atoms with Crippen LogP contribution in [0, 0.1) is 0 Å². The molecule has 0 spiro atoms. The molecule has 3 aromatic carbocycles. The summed E-state index contributed by atoms with van der Waals surface area (Å²) in [4.78, 5) is 29.4. The van der Waals surface area contributed by atoms with Crippen LogP contribution in [0.25, 0.3) is 10.8 Å². The Kier molecular flexibility index (Phi) is 12.0. The van der Waals surface area contributed by atoms with E-state index in [0.29, 0.717) is 36.1 Å². The standard InChI is InChI=1S/C18H28Cl2N6O.C11H8O/c1-23-10-15-4-6-26(11-12-7-13(19)9-14(20)8-12)17(27)16(25-15)3-2-5-24-18(21)22;12-8-9-5-6-10-3-1-2-4-11(10)7-9/h7-9,15-16,23,25H,2-6,10-11H2,1H3,(H4,21,22,24);1-8H/t15-,16-;/m0./s1. The van der Waals surface area contributed by atoms with E-state index in [1.54, 1.807) is 6.07 Å². The van der Waals surface area contributed by atoms with Crippen molar-refractivity contribution in [1.29, 1.82) is 0 Å². The summed E-state index contributed by atoms with van der Waals surface area (Å²) in [6.45, 7) is 2.47. The summed E-state index contributed by atoms with van der Waals surface area (Å²) in [6.07, 6.45) is 3.13. The zero-order valence-electron chi connectivity index (χ0n) is 22.1. The van der Waals surface area contributed by atoms with Crippen molar-refractivity contribution in [2.45, 2.75) is 37.9 Å². The zero-order valence-corrected chi connectivity index (χ0v) is 23.6. The number of carbonyl (C=O) groups excluding carboxylic acids is 2. The molecule has 10 heteroatoms. The van der Waals surface area contributed by atoms with Crippen molar-refractivity contribution in [1.82, 2.24) is 15.5 Å². The normalized spacial score (nSPS) is 17.2. The Morgan fingerprint density at radius 1 is 1.10 bits per heavy atom. The summed E-state index contributed by atoms with van der Waals surface area (Å²) >= 11 is 12.2. The van der Waals surface area contributed by atoms with Crippen LogP contribution in [0.5, 0.6) is 0 Å². The van der Waals surface area contributed by atoms with Crippen molar-refractivity contribution >= 4 is 52.1 Å². The lowest BCUT2D eigenvalue weighted by atomic mass is 10.1. The van der Waals surface area contributed by atoms with Crippen LogP contribution < -0.4 is 22.1 Å².